The summed E-state index contributed by atoms with van der Waals surface area (Å²) in [6, 6.07) is 23.2. The molecule has 4 rings (SSSR count). The largest absolute Gasteiger partial charge is 0.416 e. The summed E-state index contributed by atoms with van der Waals surface area (Å²) < 4.78 is 40.1. The van der Waals surface area contributed by atoms with Crippen molar-refractivity contribution in [1.29, 1.82) is 0 Å². The fourth-order valence-corrected chi connectivity index (χ4v) is 4.90. The topological polar surface area (TPSA) is 23.6 Å². The summed E-state index contributed by atoms with van der Waals surface area (Å²) >= 11 is 0. The second-order valence-corrected chi connectivity index (χ2v) is 11.0. The number of likely N-dealkylation sites (tertiary alicyclic amines) is 1. The second kappa shape index (κ2) is 11.1. The van der Waals surface area contributed by atoms with Crippen LogP contribution in [0.4, 0.5) is 13.2 Å². The van der Waals surface area contributed by atoms with E-state index in [1.54, 1.807) is 4.90 Å². The third kappa shape index (κ3) is 7.01. The first-order valence-corrected chi connectivity index (χ1v) is 12.8. The van der Waals surface area contributed by atoms with Crippen molar-refractivity contribution in [1.82, 2.24) is 9.80 Å². The lowest BCUT2D eigenvalue weighted by Crippen LogP contribution is -2.47. The number of halogens is 3. The summed E-state index contributed by atoms with van der Waals surface area (Å²) in [6.45, 7) is 9.31. The molecule has 37 heavy (non-hydrogen) atoms. The van der Waals surface area contributed by atoms with Crippen molar-refractivity contribution in [3.63, 3.8) is 0 Å². The molecule has 0 aliphatic carbocycles. The Kier molecular flexibility index (Phi) is 8.08. The van der Waals surface area contributed by atoms with Crippen LogP contribution in [0, 0.1) is 0 Å². The van der Waals surface area contributed by atoms with E-state index in [1.165, 1.54) is 23.3 Å². The molecule has 0 bridgehead atoms. The predicted molar refractivity (Wildman–Crippen MR) is 141 cm³/mol. The zero-order valence-corrected chi connectivity index (χ0v) is 21.8. The number of rotatable bonds is 6. The molecule has 1 aliphatic rings. The van der Waals surface area contributed by atoms with Gasteiger partial charge in [0.05, 0.1) is 5.56 Å². The van der Waals surface area contributed by atoms with Crippen LogP contribution in [-0.4, -0.2) is 34.8 Å². The molecule has 0 radical (unpaired) electrons. The molecule has 3 aromatic carbocycles. The number of hydrogen-bond acceptors (Lipinski definition) is 2. The molecule has 0 unspecified atom stereocenters. The van der Waals surface area contributed by atoms with Gasteiger partial charge in [-0.3, -0.25) is 9.69 Å². The first kappa shape index (κ1) is 26.9. The molecule has 3 aromatic rings. The van der Waals surface area contributed by atoms with Gasteiger partial charge in [0, 0.05) is 37.8 Å². The van der Waals surface area contributed by atoms with Crippen LogP contribution in [0.15, 0.2) is 78.9 Å². The molecule has 1 saturated heterocycles. The van der Waals surface area contributed by atoms with Crippen molar-refractivity contribution < 1.29 is 18.0 Å². The van der Waals surface area contributed by atoms with Crippen LogP contribution >= 0.6 is 0 Å². The van der Waals surface area contributed by atoms with Gasteiger partial charge in [0.15, 0.2) is 0 Å². The Morgan fingerprint density at radius 1 is 0.838 bits per heavy atom. The maximum Gasteiger partial charge on any atom is 0.416 e. The molecule has 196 valence electrons. The van der Waals surface area contributed by atoms with E-state index in [2.05, 4.69) is 49.9 Å². The molecule has 1 heterocycles. The molecule has 0 atom stereocenters. The maximum atomic E-state index is 13.7. The highest BCUT2D eigenvalue weighted by Crippen LogP contribution is 2.31. The highest BCUT2D eigenvalue weighted by atomic mass is 19.4. The van der Waals surface area contributed by atoms with E-state index in [0.717, 1.165) is 50.2 Å². The summed E-state index contributed by atoms with van der Waals surface area (Å²) in [5, 5.41) is 0. The number of nitrogens with zero attached hydrogens (tertiary/aromatic N) is 2. The average Bonchev–Trinajstić information content (AvgIpc) is 2.87. The van der Waals surface area contributed by atoms with E-state index in [4.69, 9.17) is 0 Å². The van der Waals surface area contributed by atoms with Gasteiger partial charge in [-0.05, 0) is 53.1 Å². The van der Waals surface area contributed by atoms with Gasteiger partial charge in [-0.2, -0.15) is 13.2 Å². The first-order valence-electron chi connectivity index (χ1n) is 12.8. The van der Waals surface area contributed by atoms with Gasteiger partial charge < -0.3 is 4.90 Å². The molecule has 0 N–H and O–H groups in total. The average molecular weight is 509 g/mol. The van der Waals surface area contributed by atoms with E-state index in [9.17, 15) is 18.0 Å². The SMILES string of the molecule is CC(C)(C)c1ccc(CN(C(=O)c2cccc(C(F)(F)F)c2)C2CCN(Cc3ccccc3)CC2)cc1. The van der Waals surface area contributed by atoms with E-state index in [-0.39, 0.29) is 22.9 Å². The fourth-order valence-electron chi connectivity index (χ4n) is 4.90. The second-order valence-electron chi connectivity index (χ2n) is 11.0. The Morgan fingerprint density at radius 3 is 2.08 bits per heavy atom. The van der Waals surface area contributed by atoms with Gasteiger partial charge in [-0.15, -0.1) is 0 Å². The summed E-state index contributed by atoms with van der Waals surface area (Å²) in [4.78, 5) is 17.8. The number of carbonyl (C=O) groups is 1. The summed E-state index contributed by atoms with van der Waals surface area (Å²) in [6.07, 6.45) is -2.94. The first-order chi connectivity index (χ1) is 17.5. The number of amides is 1. The lowest BCUT2D eigenvalue weighted by molar-refractivity contribution is -0.137. The Bertz CT molecular complexity index is 1180. The Balaban J connectivity index is 1.54. The predicted octanol–water partition coefficient (Wildman–Crippen LogP) is 7.31. The van der Waals surface area contributed by atoms with Crippen LogP contribution in [-0.2, 0) is 24.7 Å². The highest BCUT2D eigenvalue weighted by Gasteiger charge is 2.33. The molecule has 1 amide bonds. The quantitative estimate of drug-likeness (QED) is 0.349. The Labute approximate surface area is 217 Å². The van der Waals surface area contributed by atoms with Crippen molar-refractivity contribution in [2.75, 3.05) is 13.1 Å². The van der Waals surface area contributed by atoms with Crippen molar-refractivity contribution in [3.05, 3.63) is 107 Å². The molecular weight excluding hydrogens is 473 g/mol. The van der Waals surface area contributed by atoms with Gasteiger partial charge >= 0.3 is 6.18 Å². The van der Waals surface area contributed by atoms with E-state index in [1.807, 2.05) is 30.3 Å². The van der Waals surface area contributed by atoms with Crippen LogP contribution in [0.25, 0.3) is 0 Å². The number of hydrogen-bond donors (Lipinski definition) is 0. The lowest BCUT2D eigenvalue weighted by Gasteiger charge is -2.39. The van der Waals surface area contributed by atoms with Crippen LogP contribution in [0.1, 0.15) is 66.2 Å². The van der Waals surface area contributed by atoms with Gasteiger partial charge in [0.2, 0.25) is 0 Å². The van der Waals surface area contributed by atoms with Crippen molar-refractivity contribution in [2.24, 2.45) is 0 Å². The third-order valence-corrected chi connectivity index (χ3v) is 7.12. The zero-order valence-electron chi connectivity index (χ0n) is 21.8. The third-order valence-electron chi connectivity index (χ3n) is 7.12. The fraction of sp³-hybridized carbons (Fsp3) is 0.387. The normalized spacial score (nSPS) is 15.5. The summed E-state index contributed by atoms with van der Waals surface area (Å²) in [5.41, 5.74) is 2.70. The van der Waals surface area contributed by atoms with Gasteiger partial charge in [-0.1, -0.05) is 81.4 Å². The van der Waals surface area contributed by atoms with Gasteiger partial charge in [-0.25, -0.2) is 0 Å². The van der Waals surface area contributed by atoms with E-state index >= 15 is 0 Å². The zero-order chi connectivity index (χ0) is 26.6. The number of benzene rings is 3. The molecule has 3 nitrogen and oxygen atoms in total. The van der Waals surface area contributed by atoms with Crippen LogP contribution in [0.5, 0.6) is 0 Å². The molecular formula is C31H35F3N2O. The molecule has 0 aromatic heterocycles. The van der Waals surface area contributed by atoms with Crippen LogP contribution in [0.3, 0.4) is 0 Å². The van der Waals surface area contributed by atoms with Crippen LogP contribution in [0.2, 0.25) is 0 Å². The van der Waals surface area contributed by atoms with Crippen LogP contribution < -0.4 is 0 Å². The summed E-state index contributed by atoms with van der Waals surface area (Å²) in [5.74, 6) is -0.354. The van der Waals surface area contributed by atoms with Crippen molar-refractivity contribution >= 4 is 5.91 Å². The van der Waals surface area contributed by atoms with Crippen molar-refractivity contribution in [3.8, 4) is 0 Å². The van der Waals surface area contributed by atoms with E-state index < -0.39 is 11.7 Å². The number of carbonyl (C=O) groups excluding carboxylic acids is 1. The minimum Gasteiger partial charge on any atom is -0.331 e. The molecule has 0 saturated carbocycles. The lowest BCUT2D eigenvalue weighted by atomic mass is 9.86. The maximum absolute atomic E-state index is 13.7. The number of alkyl halides is 3. The minimum absolute atomic E-state index is 0.0116. The highest BCUT2D eigenvalue weighted by molar-refractivity contribution is 5.94. The van der Waals surface area contributed by atoms with E-state index in [0.29, 0.717) is 6.54 Å². The molecule has 1 fully saturated rings. The summed E-state index contributed by atoms with van der Waals surface area (Å²) in [7, 11) is 0. The Morgan fingerprint density at radius 2 is 1.49 bits per heavy atom. The Hall–Kier alpha value is -3.12. The van der Waals surface area contributed by atoms with Gasteiger partial charge in [0.25, 0.3) is 5.91 Å². The van der Waals surface area contributed by atoms with Gasteiger partial charge in [0.1, 0.15) is 0 Å². The number of piperidine rings is 1. The minimum atomic E-state index is -4.49. The monoisotopic (exact) mass is 508 g/mol. The molecule has 0 spiro atoms. The molecule has 1 aliphatic heterocycles. The molecule has 6 heteroatoms. The van der Waals surface area contributed by atoms with Crippen molar-refractivity contribution in [2.45, 2.75) is 64.3 Å². The smallest absolute Gasteiger partial charge is 0.331 e. The standard InChI is InChI=1S/C31H35F3N2O/c1-30(2,3)26-14-12-24(13-15-26)22-36(29(37)25-10-7-11-27(20-25)31(32,33)34)28-16-18-35(19-17-28)21-23-8-5-4-6-9-23/h4-15,20,28H,16-19,21-22H2,1-3H3.